The van der Waals surface area contributed by atoms with Crippen LogP contribution >= 0.6 is 0 Å². The molecule has 0 aliphatic rings. The van der Waals surface area contributed by atoms with E-state index >= 15 is 0 Å². The van der Waals surface area contributed by atoms with Crippen molar-refractivity contribution in [3.05, 3.63) is 40.2 Å². The molecular formula is C14H15NO4. The van der Waals surface area contributed by atoms with Gasteiger partial charge in [0, 0.05) is 12.3 Å². The molecule has 5 heteroatoms. The standard InChI is InChI=1S/C14H15NO4/c1-8(2)19-11-5-4-9-12(10(16)6-7-15-9)13(11)14(17)18-3/h4-8H,1-3H3,(H,15,16). The maximum atomic E-state index is 12.0. The van der Waals surface area contributed by atoms with Gasteiger partial charge in [0.1, 0.15) is 11.3 Å². The number of nitrogens with one attached hydrogen (secondary N) is 1. The van der Waals surface area contributed by atoms with Crippen LogP contribution in [0.3, 0.4) is 0 Å². The van der Waals surface area contributed by atoms with E-state index in [1.165, 1.54) is 19.4 Å². The third-order valence-corrected chi connectivity index (χ3v) is 2.64. The van der Waals surface area contributed by atoms with Crippen LogP contribution in [0.2, 0.25) is 0 Å². The van der Waals surface area contributed by atoms with Crippen LogP contribution < -0.4 is 10.2 Å². The predicted octanol–water partition coefficient (Wildman–Crippen LogP) is 2.10. The van der Waals surface area contributed by atoms with E-state index < -0.39 is 5.97 Å². The smallest absolute Gasteiger partial charge is 0.342 e. The third-order valence-electron chi connectivity index (χ3n) is 2.64. The molecule has 0 amide bonds. The first-order valence-electron chi connectivity index (χ1n) is 5.94. The minimum absolute atomic E-state index is 0.108. The summed E-state index contributed by atoms with van der Waals surface area (Å²) in [5, 5.41) is 0.285. The number of aromatic nitrogens is 1. The van der Waals surface area contributed by atoms with Gasteiger partial charge in [-0.25, -0.2) is 4.79 Å². The molecule has 0 unspecified atom stereocenters. The van der Waals surface area contributed by atoms with E-state index in [9.17, 15) is 9.59 Å². The van der Waals surface area contributed by atoms with Gasteiger partial charge in [0.2, 0.25) is 0 Å². The Balaban J connectivity index is 2.80. The van der Waals surface area contributed by atoms with Crippen molar-refractivity contribution in [2.24, 2.45) is 0 Å². The summed E-state index contributed by atoms with van der Waals surface area (Å²) in [7, 11) is 1.28. The maximum Gasteiger partial charge on any atom is 0.342 e. The largest absolute Gasteiger partial charge is 0.490 e. The molecule has 0 bridgehead atoms. The van der Waals surface area contributed by atoms with Crippen LogP contribution in [0.1, 0.15) is 24.2 Å². The number of carbonyl (C=O) groups is 1. The molecule has 19 heavy (non-hydrogen) atoms. The number of ether oxygens (including phenoxy) is 2. The summed E-state index contributed by atoms with van der Waals surface area (Å²) < 4.78 is 10.3. The van der Waals surface area contributed by atoms with Crippen molar-refractivity contribution in [1.29, 1.82) is 0 Å². The summed E-state index contributed by atoms with van der Waals surface area (Å²) >= 11 is 0. The van der Waals surface area contributed by atoms with Crippen LogP contribution in [0.15, 0.2) is 29.2 Å². The molecule has 1 heterocycles. The molecule has 1 aromatic heterocycles. The lowest BCUT2D eigenvalue weighted by molar-refractivity contribution is 0.0597. The van der Waals surface area contributed by atoms with Crippen molar-refractivity contribution < 1.29 is 14.3 Å². The average Bonchev–Trinajstić information content (AvgIpc) is 2.38. The SMILES string of the molecule is COC(=O)c1c(OC(C)C)ccc2[nH]ccc(=O)c12. The van der Waals surface area contributed by atoms with Crippen LogP contribution in [0.5, 0.6) is 5.75 Å². The minimum atomic E-state index is -0.585. The fourth-order valence-corrected chi connectivity index (χ4v) is 1.91. The summed E-state index contributed by atoms with van der Waals surface area (Å²) in [4.78, 5) is 26.8. The Morgan fingerprint density at radius 3 is 2.63 bits per heavy atom. The topological polar surface area (TPSA) is 68.4 Å². The Labute approximate surface area is 110 Å². The highest BCUT2D eigenvalue weighted by atomic mass is 16.5. The van der Waals surface area contributed by atoms with E-state index in [1.54, 1.807) is 12.1 Å². The first-order chi connectivity index (χ1) is 9.04. The van der Waals surface area contributed by atoms with Gasteiger partial charge in [0.15, 0.2) is 5.43 Å². The second kappa shape index (κ2) is 5.14. The number of fused-ring (bicyclic) bond motifs is 1. The summed E-state index contributed by atoms with van der Waals surface area (Å²) in [5.74, 6) is -0.232. The Hall–Kier alpha value is -2.30. The molecule has 5 nitrogen and oxygen atoms in total. The summed E-state index contributed by atoms with van der Waals surface area (Å²) in [5.41, 5.74) is 0.489. The number of aromatic amines is 1. The second-order valence-corrected chi connectivity index (χ2v) is 4.36. The van der Waals surface area contributed by atoms with E-state index in [4.69, 9.17) is 9.47 Å². The van der Waals surface area contributed by atoms with Gasteiger partial charge in [-0.3, -0.25) is 4.79 Å². The summed E-state index contributed by atoms with van der Waals surface area (Å²) in [6.45, 7) is 3.70. The molecule has 2 rings (SSSR count). The average molecular weight is 261 g/mol. The highest BCUT2D eigenvalue weighted by Gasteiger charge is 2.20. The fourth-order valence-electron chi connectivity index (χ4n) is 1.91. The molecular weight excluding hydrogens is 246 g/mol. The van der Waals surface area contributed by atoms with Gasteiger partial charge in [-0.1, -0.05) is 0 Å². The van der Waals surface area contributed by atoms with Crippen molar-refractivity contribution >= 4 is 16.9 Å². The molecule has 2 aromatic rings. The van der Waals surface area contributed by atoms with E-state index in [0.29, 0.717) is 11.3 Å². The van der Waals surface area contributed by atoms with Gasteiger partial charge in [-0.15, -0.1) is 0 Å². The Morgan fingerprint density at radius 1 is 1.26 bits per heavy atom. The van der Waals surface area contributed by atoms with Crippen LogP contribution in [-0.2, 0) is 4.74 Å². The number of carbonyl (C=O) groups excluding carboxylic acids is 1. The molecule has 0 spiro atoms. The van der Waals surface area contributed by atoms with Crippen LogP contribution in [-0.4, -0.2) is 24.2 Å². The number of methoxy groups -OCH3 is 1. The summed E-state index contributed by atoms with van der Waals surface area (Å²) in [6.07, 6.45) is 1.43. The third kappa shape index (κ3) is 2.45. The zero-order valence-corrected chi connectivity index (χ0v) is 11.0. The minimum Gasteiger partial charge on any atom is -0.490 e. The van der Waals surface area contributed by atoms with Crippen LogP contribution in [0.4, 0.5) is 0 Å². The number of pyridine rings is 1. The maximum absolute atomic E-state index is 12.0. The number of hydrogen-bond donors (Lipinski definition) is 1. The molecule has 0 radical (unpaired) electrons. The highest BCUT2D eigenvalue weighted by Crippen LogP contribution is 2.26. The zero-order valence-electron chi connectivity index (χ0n) is 11.0. The van der Waals surface area contributed by atoms with E-state index in [-0.39, 0.29) is 22.5 Å². The van der Waals surface area contributed by atoms with Gasteiger partial charge in [0.25, 0.3) is 0 Å². The molecule has 1 aromatic carbocycles. The summed E-state index contributed by atoms with van der Waals surface area (Å²) in [6, 6.07) is 4.74. The lowest BCUT2D eigenvalue weighted by atomic mass is 10.1. The number of esters is 1. The Bertz CT molecular complexity index is 673. The van der Waals surface area contributed by atoms with Crippen molar-refractivity contribution in [3.63, 3.8) is 0 Å². The van der Waals surface area contributed by atoms with Crippen molar-refractivity contribution in [1.82, 2.24) is 4.98 Å². The van der Waals surface area contributed by atoms with Crippen LogP contribution in [0, 0.1) is 0 Å². The Morgan fingerprint density at radius 2 is 2.00 bits per heavy atom. The number of benzene rings is 1. The molecule has 0 aliphatic heterocycles. The number of rotatable bonds is 3. The zero-order chi connectivity index (χ0) is 14.0. The first-order valence-corrected chi connectivity index (χ1v) is 5.94. The molecule has 1 N–H and O–H groups in total. The van der Waals surface area contributed by atoms with Gasteiger partial charge in [0.05, 0.1) is 24.1 Å². The molecule has 0 saturated heterocycles. The van der Waals surface area contributed by atoms with Gasteiger partial charge >= 0.3 is 5.97 Å². The second-order valence-electron chi connectivity index (χ2n) is 4.36. The molecule has 0 saturated carbocycles. The normalized spacial score (nSPS) is 10.7. The lowest BCUT2D eigenvalue weighted by Crippen LogP contribution is -2.14. The van der Waals surface area contributed by atoms with Gasteiger partial charge in [-0.2, -0.15) is 0 Å². The van der Waals surface area contributed by atoms with Crippen molar-refractivity contribution in [3.8, 4) is 5.75 Å². The van der Waals surface area contributed by atoms with Crippen LogP contribution in [0.25, 0.3) is 10.9 Å². The number of H-pyrrole nitrogens is 1. The first kappa shape index (κ1) is 13.1. The van der Waals surface area contributed by atoms with E-state index in [2.05, 4.69) is 4.98 Å². The Kier molecular flexibility index (Phi) is 3.55. The van der Waals surface area contributed by atoms with Gasteiger partial charge in [-0.05, 0) is 26.0 Å². The highest BCUT2D eigenvalue weighted by molar-refractivity contribution is 6.05. The van der Waals surface area contributed by atoms with Crippen molar-refractivity contribution in [2.75, 3.05) is 7.11 Å². The predicted molar refractivity (Wildman–Crippen MR) is 71.7 cm³/mol. The van der Waals surface area contributed by atoms with E-state index in [0.717, 1.165) is 0 Å². The van der Waals surface area contributed by atoms with Gasteiger partial charge < -0.3 is 14.5 Å². The molecule has 0 atom stereocenters. The lowest BCUT2D eigenvalue weighted by Gasteiger charge is -2.14. The van der Waals surface area contributed by atoms with E-state index in [1.807, 2.05) is 13.8 Å². The molecule has 0 aliphatic carbocycles. The monoisotopic (exact) mass is 261 g/mol. The number of hydrogen-bond acceptors (Lipinski definition) is 4. The molecule has 100 valence electrons. The quantitative estimate of drug-likeness (QED) is 0.859. The fraction of sp³-hybridized carbons (Fsp3) is 0.286. The molecule has 0 fully saturated rings. The van der Waals surface area contributed by atoms with Crippen molar-refractivity contribution in [2.45, 2.75) is 20.0 Å².